The molecule has 26 heavy (non-hydrogen) atoms. The number of aromatic amines is 1. The summed E-state index contributed by atoms with van der Waals surface area (Å²) >= 11 is 0. The van der Waals surface area contributed by atoms with E-state index in [1.165, 1.54) is 10.7 Å². The molecule has 4 rings (SSSR count). The molecule has 134 valence electrons. The summed E-state index contributed by atoms with van der Waals surface area (Å²) in [5.41, 5.74) is 2.34. The molecule has 1 aliphatic carbocycles. The molecule has 8 nitrogen and oxygen atoms in total. The van der Waals surface area contributed by atoms with E-state index in [1.54, 1.807) is 6.20 Å². The summed E-state index contributed by atoms with van der Waals surface area (Å²) in [5.74, 6) is -0.0348. The standard InChI is InChI=1S/C18H20N6O2/c1-10(2)15-16(22-17-11(6-19)7-21-24(17)18(15)26)12-8-20-23(9-12)13-3-4-14(25)5-13/h7-10,13-14,21,25H,3-5H2,1-2H3/t13-,14-/m0/s1. The van der Waals surface area contributed by atoms with E-state index in [0.29, 0.717) is 28.9 Å². The first-order chi connectivity index (χ1) is 12.5. The van der Waals surface area contributed by atoms with Crippen molar-refractivity contribution in [1.29, 1.82) is 5.26 Å². The van der Waals surface area contributed by atoms with Crippen LogP contribution in [-0.2, 0) is 0 Å². The molecule has 2 N–H and O–H groups in total. The fourth-order valence-electron chi connectivity index (χ4n) is 3.69. The van der Waals surface area contributed by atoms with Crippen molar-refractivity contribution in [3.8, 4) is 17.3 Å². The van der Waals surface area contributed by atoms with Gasteiger partial charge in [-0.15, -0.1) is 0 Å². The van der Waals surface area contributed by atoms with E-state index in [-0.39, 0.29) is 23.6 Å². The van der Waals surface area contributed by atoms with Gasteiger partial charge in [-0.25, -0.2) is 9.50 Å². The van der Waals surface area contributed by atoms with Crippen LogP contribution in [-0.4, -0.2) is 35.6 Å². The molecule has 0 aromatic carbocycles. The molecule has 0 aliphatic heterocycles. The average molecular weight is 352 g/mol. The molecule has 0 amide bonds. The molecule has 2 atom stereocenters. The largest absolute Gasteiger partial charge is 0.393 e. The van der Waals surface area contributed by atoms with Gasteiger partial charge in [0.15, 0.2) is 5.65 Å². The van der Waals surface area contributed by atoms with Gasteiger partial charge in [0.25, 0.3) is 5.56 Å². The smallest absolute Gasteiger partial charge is 0.276 e. The van der Waals surface area contributed by atoms with Crippen LogP contribution < -0.4 is 5.56 Å². The number of hydrogen-bond donors (Lipinski definition) is 2. The second kappa shape index (κ2) is 6.11. The molecule has 3 aromatic heterocycles. The average Bonchev–Trinajstić information content (AvgIpc) is 3.32. The Hall–Kier alpha value is -2.92. The van der Waals surface area contributed by atoms with Crippen LogP contribution in [0.5, 0.6) is 0 Å². The Kier molecular flexibility index (Phi) is 3.89. The number of fused-ring (bicyclic) bond motifs is 1. The SMILES string of the molecule is CC(C)c1c(-c2cnn([C@H]3CC[C@H](O)C3)c2)nc2c(C#N)c[nH]n2c1=O. The van der Waals surface area contributed by atoms with Gasteiger partial charge in [-0.2, -0.15) is 10.4 Å². The van der Waals surface area contributed by atoms with Gasteiger partial charge in [0.2, 0.25) is 0 Å². The maximum absolute atomic E-state index is 12.9. The maximum atomic E-state index is 12.9. The Balaban J connectivity index is 1.88. The predicted molar refractivity (Wildman–Crippen MR) is 94.7 cm³/mol. The molecule has 0 saturated heterocycles. The van der Waals surface area contributed by atoms with E-state index < -0.39 is 0 Å². The highest BCUT2D eigenvalue weighted by atomic mass is 16.3. The highest BCUT2D eigenvalue weighted by molar-refractivity contribution is 5.67. The summed E-state index contributed by atoms with van der Waals surface area (Å²) < 4.78 is 3.16. The lowest BCUT2D eigenvalue weighted by atomic mass is 10.00. The zero-order valence-electron chi connectivity index (χ0n) is 14.7. The fourth-order valence-corrected chi connectivity index (χ4v) is 3.69. The second-order valence-electron chi connectivity index (χ2n) is 7.12. The number of nitrogens with zero attached hydrogens (tertiary/aromatic N) is 5. The quantitative estimate of drug-likeness (QED) is 0.748. The molecular weight excluding hydrogens is 332 g/mol. The summed E-state index contributed by atoms with van der Waals surface area (Å²) in [6, 6.07) is 2.22. The van der Waals surface area contributed by atoms with Crippen LogP contribution >= 0.6 is 0 Å². The molecule has 0 unspecified atom stereocenters. The molecule has 8 heteroatoms. The number of rotatable bonds is 3. The second-order valence-corrected chi connectivity index (χ2v) is 7.12. The summed E-state index contributed by atoms with van der Waals surface area (Å²) in [5, 5.41) is 26.3. The minimum Gasteiger partial charge on any atom is -0.393 e. The number of aromatic nitrogens is 5. The first-order valence-electron chi connectivity index (χ1n) is 8.76. The third kappa shape index (κ3) is 2.52. The van der Waals surface area contributed by atoms with Gasteiger partial charge in [-0.3, -0.25) is 14.6 Å². The zero-order valence-corrected chi connectivity index (χ0v) is 14.7. The van der Waals surface area contributed by atoms with Crippen LogP contribution in [0.2, 0.25) is 0 Å². The van der Waals surface area contributed by atoms with Crippen LogP contribution in [0.25, 0.3) is 16.9 Å². The summed E-state index contributed by atoms with van der Waals surface area (Å²) in [7, 11) is 0. The Labute approximate surface area is 149 Å². The fraction of sp³-hybridized carbons (Fsp3) is 0.444. The molecule has 3 aromatic rings. The lowest BCUT2D eigenvalue weighted by molar-refractivity contribution is 0.177. The number of H-pyrrole nitrogens is 1. The Morgan fingerprint density at radius 1 is 1.42 bits per heavy atom. The third-order valence-corrected chi connectivity index (χ3v) is 5.02. The number of aliphatic hydroxyl groups excluding tert-OH is 1. The highest BCUT2D eigenvalue weighted by Crippen LogP contribution is 2.32. The minimum absolute atomic E-state index is 0.0348. The van der Waals surface area contributed by atoms with Crippen molar-refractivity contribution in [1.82, 2.24) is 24.4 Å². The first-order valence-corrected chi connectivity index (χ1v) is 8.76. The molecular formula is C18H20N6O2. The number of nitriles is 1. The molecule has 0 bridgehead atoms. The molecule has 1 aliphatic rings. The van der Waals surface area contributed by atoms with Crippen molar-refractivity contribution in [2.24, 2.45) is 0 Å². The van der Waals surface area contributed by atoms with Crippen molar-refractivity contribution in [2.45, 2.75) is 51.2 Å². The van der Waals surface area contributed by atoms with E-state index in [9.17, 15) is 15.2 Å². The van der Waals surface area contributed by atoms with Crippen LogP contribution in [0.15, 0.2) is 23.4 Å². The summed E-state index contributed by atoms with van der Waals surface area (Å²) in [6.07, 6.45) is 7.13. The van der Waals surface area contributed by atoms with Crippen LogP contribution in [0.1, 0.15) is 56.2 Å². The van der Waals surface area contributed by atoms with Crippen molar-refractivity contribution in [3.63, 3.8) is 0 Å². The zero-order chi connectivity index (χ0) is 18.4. The van der Waals surface area contributed by atoms with E-state index >= 15 is 0 Å². The van der Waals surface area contributed by atoms with E-state index in [4.69, 9.17) is 0 Å². The lowest BCUT2D eigenvalue weighted by Gasteiger charge is -2.11. The number of nitrogens with one attached hydrogen (secondary N) is 1. The normalized spacial score (nSPS) is 20.1. The van der Waals surface area contributed by atoms with Gasteiger partial charge in [0.1, 0.15) is 11.6 Å². The summed E-state index contributed by atoms with van der Waals surface area (Å²) in [4.78, 5) is 17.5. The van der Waals surface area contributed by atoms with E-state index in [1.807, 2.05) is 24.7 Å². The Morgan fingerprint density at radius 2 is 2.23 bits per heavy atom. The molecule has 0 radical (unpaired) electrons. The van der Waals surface area contributed by atoms with Gasteiger partial charge < -0.3 is 5.11 Å². The lowest BCUT2D eigenvalue weighted by Crippen LogP contribution is -2.22. The minimum atomic E-state index is -0.281. The van der Waals surface area contributed by atoms with Gasteiger partial charge in [-0.1, -0.05) is 13.8 Å². The number of hydrogen-bond acceptors (Lipinski definition) is 5. The Bertz CT molecular complexity index is 1070. The van der Waals surface area contributed by atoms with Crippen LogP contribution in [0.3, 0.4) is 0 Å². The van der Waals surface area contributed by atoms with Crippen molar-refractivity contribution in [3.05, 3.63) is 40.1 Å². The molecule has 3 heterocycles. The molecule has 1 saturated carbocycles. The summed E-state index contributed by atoms with van der Waals surface area (Å²) in [6.45, 7) is 3.89. The van der Waals surface area contributed by atoms with E-state index in [0.717, 1.165) is 18.4 Å². The van der Waals surface area contributed by atoms with Crippen LogP contribution in [0, 0.1) is 11.3 Å². The van der Waals surface area contributed by atoms with Crippen LogP contribution in [0.4, 0.5) is 0 Å². The van der Waals surface area contributed by atoms with E-state index in [2.05, 4.69) is 21.3 Å². The molecule has 1 fully saturated rings. The van der Waals surface area contributed by atoms with Gasteiger partial charge in [0, 0.05) is 23.5 Å². The Morgan fingerprint density at radius 3 is 2.88 bits per heavy atom. The van der Waals surface area contributed by atoms with Gasteiger partial charge in [-0.05, 0) is 25.2 Å². The van der Waals surface area contributed by atoms with Gasteiger partial charge in [0.05, 0.1) is 24.0 Å². The first kappa shape index (κ1) is 16.5. The van der Waals surface area contributed by atoms with Crippen molar-refractivity contribution in [2.75, 3.05) is 0 Å². The number of aliphatic hydroxyl groups is 1. The molecule has 0 spiro atoms. The monoisotopic (exact) mass is 352 g/mol. The predicted octanol–water partition coefficient (Wildman–Crippen LogP) is 1.97. The highest BCUT2D eigenvalue weighted by Gasteiger charge is 2.26. The van der Waals surface area contributed by atoms with Crippen molar-refractivity contribution >= 4 is 5.65 Å². The van der Waals surface area contributed by atoms with Gasteiger partial charge >= 0.3 is 0 Å². The van der Waals surface area contributed by atoms with Crippen molar-refractivity contribution < 1.29 is 5.11 Å². The maximum Gasteiger partial charge on any atom is 0.276 e. The topological polar surface area (TPSA) is 112 Å². The third-order valence-electron chi connectivity index (χ3n) is 5.02.